The van der Waals surface area contributed by atoms with Gasteiger partial charge in [0, 0.05) is 11.4 Å². The van der Waals surface area contributed by atoms with Gasteiger partial charge in [-0.05, 0) is 17.7 Å². The Morgan fingerprint density at radius 1 is 1.10 bits per heavy atom. The molecule has 21 heavy (non-hydrogen) atoms. The molecule has 0 atom stereocenters. The van der Waals surface area contributed by atoms with Gasteiger partial charge in [-0.2, -0.15) is 0 Å². The van der Waals surface area contributed by atoms with Crippen LogP contribution in [0.4, 0.5) is 10.5 Å². The van der Waals surface area contributed by atoms with Crippen molar-refractivity contribution in [2.75, 3.05) is 10.7 Å². The summed E-state index contributed by atoms with van der Waals surface area (Å²) in [5, 5.41) is 2.80. The Labute approximate surface area is 127 Å². The lowest BCUT2D eigenvalue weighted by atomic mass is 10.2. The first-order valence-corrected chi connectivity index (χ1v) is 7.61. The van der Waals surface area contributed by atoms with Gasteiger partial charge in [0.15, 0.2) is 0 Å². The number of fused-ring (bicyclic) bond motifs is 1. The first-order valence-electron chi connectivity index (χ1n) is 6.62. The fraction of sp³-hybridized carbons (Fsp3) is 0.125. The molecule has 106 valence electrons. The van der Waals surface area contributed by atoms with Crippen molar-refractivity contribution in [3.63, 3.8) is 0 Å². The molecule has 5 heteroatoms. The zero-order chi connectivity index (χ0) is 14.7. The second-order valence-corrected chi connectivity index (χ2v) is 5.65. The molecule has 0 bridgehead atoms. The molecule has 3 rings (SSSR count). The Morgan fingerprint density at radius 3 is 2.62 bits per heavy atom. The summed E-state index contributed by atoms with van der Waals surface area (Å²) in [5.74, 6) is 0.0970. The third-order valence-corrected chi connectivity index (χ3v) is 4.24. The van der Waals surface area contributed by atoms with Crippen LogP contribution >= 0.6 is 11.8 Å². The highest BCUT2D eigenvalue weighted by molar-refractivity contribution is 8.00. The van der Waals surface area contributed by atoms with Crippen LogP contribution in [-0.4, -0.2) is 17.7 Å². The van der Waals surface area contributed by atoms with Gasteiger partial charge in [-0.25, -0.2) is 9.69 Å². The summed E-state index contributed by atoms with van der Waals surface area (Å²) < 4.78 is 0. The fourth-order valence-corrected chi connectivity index (χ4v) is 3.07. The Balaban J connectivity index is 1.76. The number of anilines is 1. The molecule has 1 aliphatic heterocycles. The lowest BCUT2D eigenvalue weighted by molar-refractivity contribution is -0.115. The minimum Gasteiger partial charge on any atom is -0.333 e. The zero-order valence-corrected chi connectivity index (χ0v) is 12.1. The van der Waals surface area contributed by atoms with Crippen LogP contribution in [0.25, 0.3) is 0 Å². The maximum atomic E-state index is 12.3. The zero-order valence-electron chi connectivity index (χ0n) is 11.3. The van der Waals surface area contributed by atoms with E-state index in [-0.39, 0.29) is 17.7 Å². The number of nitrogens with zero attached hydrogens (tertiary/aromatic N) is 1. The van der Waals surface area contributed by atoms with Crippen molar-refractivity contribution in [2.24, 2.45) is 0 Å². The third-order valence-electron chi connectivity index (χ3n) is 3.20. The molecular formula is C16H14N2O2S. The summed E-state index contributed by atoms with van der Waals surface area (Å²) in [6.45, 7) is 0.402. The number of nitrogens with one attached hydrogen (secondary N) is 1. The van der Waals surface area contributed by atoms with Crippen molar-refractivity contribution in [3.05, 3.63) is 60.2 Å². The Morgan fingerprint density at radius 2 is 1.81 bits per heavy atom. The van der Waals surface area contributed by atoms with Gasteiger partial charge in [0.25, 0.3) is 0 Å². The van der Waals surface area contributed by atoms with Crippen LogP contribution < -0.4 is 10.2 Å². The lowest BCUT2D eigenvalue weighted by Gasteiger charge is -2.27. The number of rotatable bonds is 2. The Hall–Kier alpha value is -2.27. The summed E-state index contributed by atoms with van der Waals surface area (Å²) in [4.78, 5) is 26.6. The number of thioether (sulfide) groups is 1. The summed E-state index contributed by atoms with van der Waals surface area (Å²) >= 11 is 1.46. The maximum Gasteiger partial charge on any atom is 0.329 e. The molecule has 0 spiro atoms. The van der Waals surface area contributed by atoms with E-state index in [1.165, 1.54) is 16.7 Å². The second-order valence-electron chi connectivity index (χ2n) is 4.63. The molecule has 0 saturated heterocycles. The molecule has 0 unspecified atom stereocenters. The van der Waals surface area contributed by atoms with Crippen LogP contribution in [0, 0.1) is 0 Å². The van der Waals surface area contributed by atoms with Gasteiger partial charge in [-0.1, -0.05) is 42.5 Å². The average Bonchev–Trinajstić information content (AvgIpc) is 2.53. The van der Waals surface area contributed by atoms with Crippen molar-refractivity contribution >= 4 is 29.4 Å². The van der Waals surface area contributed by atoms with Crippen molar-refractivity contribution < 1.29 is 9.59 Å². The minimum absolute atomic E-state index is 0.190. The third kappa shape index (κ3) is 2.92. The normalized spacial score (nSPS) is 13.7. The van der Waals surface area contributed by atoms with Gasteiger partial charge in [0.2, 0.25) is 5.91 Å². The van der Waals surface area contributed by atoms with Crippen molar-refractivity contribution in [1.29, 1.82) is 0 Å². The van der Waals surface area contributed by atoms with E-state index < -0.39 is 0 Å². The number of benzene rings is 2. The highest BCUT2D eigenvalue weighted by Gasteiger charge is 2.29. The number of para-hydroxylation sites is 1. The first-order chi connectivity index (χ1) is 10.3. The lowest BCUT2D eigenvalue weighted by Crippen LogP contribution is -2.46. The van der Waals surface area contributed by atoms with E-state index in [9.17, 15) is 9.59 Å². The SMILES string of the molecule is O=C1CSc2ccccc2N1C(=O)NCc1ccccc1. The summed E-state index contributed by atoms with van der Waals surface area (Å²) in [5.41, 5.74) is 1.65. The molecule has 0 radical (unpaired) electrons. The quantitative estimate of drug-likeness (QED) is 0.927. The summed E-state index contributed by atoms with van der Waals surface area (Å²) in [6.07, 6.45) is 0. The highest BCUT2D eigenvalue weighted by atomic mass is 32.2. The number of imide groups is 1. The molecule has 2 aromatic carbocycles. The van der Waals surface area contributed by atoms with Crippen molar-refractivity contribution in [2.45, 2.75) is 11.4 Å². The van der Waals surface area contributed by atoms with Gasteiger partial charge >= 0.3 is 6.03 Å². The number of carbonyl (C=O) groups excluding carboxylic acids is 2. The number of amides is 3. The maximum absolute atomic E-state index is 12.3. The predicted molar refractivity (Wildman–Crippen MR) is 83.3 cm³/mol. The molecule has 1 aliphatic rings. The van der Waals surface area contributed by atoms with Crippen LogP contribution in [0.15, 0.2) is 59.5 Å². The summed E-state index contributed by atoms with van der Waals surface area (Å²) in [7, 11) is 0. The van der Waals surface area contributed by atoms with Crippen molar-refractivity contribution in [3.8, 4) is 0 Å². The highest BCUT2D eigenvalue weighted by Crippen LogP contribution is 2.34. The fourth-order valence-electron chi connectivity index (χ4n) is 2.18. The molecule has 0 aliphatic carbocycles. The van der Waals surface area contributed by atoms with Crippen LogP contribution in [-0.2, 0) is 11.3 Å². The number of carbonyl (C=O) groups is 2. The minimum atomic E-state index is -0.378. The van der Waals surface area contributed by atoms with Gasteiger partial charge in [0.1, 0.15) is 0 Å². The number of urea groups is 1. The van der Waals surface area contributed by atoms with E-state index in [4.69, 9.17) is 0 Å². The van der Waals surface area contributed by atoms with E-state index in [0.717, 1.165) is 10.5 Å². The monoisotopic (exact) mass is 298 g/mol. The Kier molecular flexibility index (Phi) is 3.92. The molecule has 1 N–H and O–H groups in total. The largest absolute Gasteiger partial charge is 0.333 e. The van der Waals surface area contributed by atoms with E-state index in [0.29, 0.717) is 12.2 Å². The van der Waals surface area contributed by atoms with Gasteiger partial charge < -0.3 is 5.32 Å². The molecule has 0 aromatic heterocycles. The van der Waals surface area contributed by atoms with E-state index in [1.807, 2.05) is 48.5 Å². The van der Waals surface area contributed by atoms with Crippen LogP contribution in [0.5, 0.6) is 0 Å². The van der Waals surface area contributed by atoms with Crippen LogP contribution in [0.1, 0.15) is 5.56 Å². The predicted octanol–water partition coefficient (Wildman–Crippen LogP) is 3.04. The molecule has 0 fully saturated rings. The topological polar surface area (TPSA) is 49.4 Å². The smallest absolute Gasteiger partial charge is 0.329 e. The number of hydrogen-bond donors (Lipinski definition) is 1. The molecule has 4 nitrogen and oxygen atoms in total. The molecule has 3 amide bonds. The van der Waals surface area contributed by atoms with E-state index >= 15 is 0 Å². The van der Waals surface area contributed by atoms with E-state index in [2.05, 4.69) is 5.32 Å². The van der Waals surface area contributed by atoms with Gasteiger partial charge in [-0.15, -0.1) is 11.8 Å². The Bertz CT molecular complexity index is 673. The van der Waals surface area contributed by atoms with Crippen molar-refractivity contribution in [1.82, 2.24) is 5.32 Å². The van der Waals surface area contributed by atoms with Gasteiger partial charge in [0.05, 0.1) is 11.4 Å². The van der Waals surface area contributed by atoms with Crippen LogP contribution in [0.2, 0.25) is 0 Å². The van der Waals surface area contributed by atoms with Gasteiger partial charge in [-0.3, -0.25) is 4.79 Å². The summed E-state index contributed by atoms with van der Waals surface area (Å²) in [6, 6.07) is 16.7. The molecule has 2 aromatic rings. The average molecular weight is 298 g/mol. The number of hydrogen-bond acceptors (Lipinski definition) is 3. The second kappa shape index (κ2) is 6.01. The first kappa shape index (κ1) is 13.7. The molecule has 0 saturated carbocycles. The standard InChI is InChI=1S/C16H14N2O2S/c19-15-11-21-14-9-5-4-8-13(14)18(15)16(20)17-10-12-6-2-1-3-7-12/h1-9H,10-11H2,(H,17,20). The van der Waals surface area contributed by atoms with Crippen LogP contribution in [0.3, 0.4) is 0 Å². The molecular weight excluding hydrogens is 284 g/mol. The van der Waals surface area contributed by atoms with E-state index in [1.54, 1.807) is 6.07 Å². The molecule has 1 heterocycles.